The summed E-state index contributed by atoms with van der Waals surface area (Å²) < 4.78 is 15.9. The number of aliphatic hydroxyl groups excluding tert-OH is 1. The van der Waals surface area contributed by atoms with Gasteiger partial charge < -0.3 is 19.3 Å². The summed E-state index contributed by atoms with van der Waals surface area (Å²) in [5, 5.41) is 9.74. The zero-order chi connectivity index (χ0) is 21.7. The van der Waals surface area contributed by atoms with Crippen LogP contribution in [0.25, 0.3) is 0 Å². The zero-order valence-corrected chi connectivity index (χ0v) is 17.5. The van der Waals surface area contributed by atoms with Crippen molar-refractivity contribution in [2.45, 2.75) is 78.4 Å². The van der Waals surface area contributed by atoms with Crippen LogP contribution in [0.1, 0.15) is 59.4 Å². The number of nitrogens with zero attached hydrogens (tertiary/aromatic N) is 2. The number of ether oxygens (including phenoxy) is 3. The van der Waals surface area contributed by atoms with Gasteiger partial charge in [0.2, 0.25) is 0 Å². The summed E-state index contributed by atoms with van der Waals surface area (Å²) in [7, 11) is 0. The Bertz CT molecular complexity index is 640. The second-order valence-electron chi connectivity index (χ2n) is 7.15. The van der Waals surface area contributed by atoms with E-state index in [9.17, 15) is 19.5 Å². The Morgan fingerprint density at radius 2 is 1.93 bits per heavy atom. The summed E-state index contributed by atoms with van der Waals surface area (Å²) in [5.41, 5.74) is -0.123. The first-order valence-corrected chi connectivity index (χ1v) is 9.15. The van der Waals surface area contributed by atoms with E-state index >= 15 is 0 Å². The van der Waals surface area contributed by atoms with Crippen LogP contribution >= 0.6 is 0 Å². The van der Waals surface area contributed by atoms with E-state index in [1.807, 2.05) is 20.8 Å². The molecule has 0 aromatic carbocycles. The first-order valence-electron chi connectivity index (χ1n) is 9.15. The quantitative estimate of drug-likeness (QED) is 0.743. The molecule has 28 heavy (non-hydrogen) atoms. The minimum absolute atomic E-state index is 0.0325. The summed E-state index contributed by atoms with van der Waals surface area (Å²) in [6.45, 7) is 12.2. The van der Waals surface area contributed by atoms with E-state index in [1.165, 1.54) is 11.0 Å². The number of aliphatic hydroxyl groups is 1. The second-order valence-corrected chi connectivity index (χ2v) is 7.15. The van der Waals surface area contributed by atoms with Crippen LogP contribution in [0, 0.1) is 6.92 Å². The summed E-state index contributed by atoms with van der Waals surface area (Å²) >= 11 is 0. The van der Waals surface area contributed by atoms with E-state index in [-0.39, 0.29) is 18.6 Å². The summed E-state index contributed by atoms with van der Waals surface area (Å²) in [6, 6.07) is 1.69. The Kier molecular flexibility index (Phi) is 12.0. The van der Waals surface area contributed by atoms with Gasteiger partial charge in [-0.15, -0.1) is 0 Å². The van der Waals surface area contributed by atoms with Crippen LogP contribution in [0.5, 0.6) is 0 Å². The number of aromatic nitrogens is 2. The van der Waals surface area contributed by atoms with Gasteiger partial charge in [0.05, 0.1) is 6.10 Å². The molecule has 1 N–H and O–H groups in total. The molecule has 0 amide bonds. The fourth-order valence-corrected chi connectivity index (χ4v) is 2.03. The van der Waals surface area contributed by atoms with E-state index in [0.29, 0.717) is 18.6 Å². The molecule has 2 rings (SSSR count). The highest BCUT2D eigenvalue weighted by Crippen LogP contribution is 2.27. The average Bonchev–Trinajstić information content (AvgIpc) is 2.93. The maximum atomic E-state index is 11.7. The van der Waals surface area contributed by atoms with Crippen molar-refractivity contribution in [3.05, 3.63) is 28.4 Å². The lowest BCUT2D eigenvalue weighted by Gasteiger charge is -2.14. The minimum atomic E-state index is -0.775. The summed E-state index contributed by atoms with van der Waals surface area (Å²) in [5.74, 6) is 0. The SMILES string of the molecule is CC(C)(C)OC=O.CCC.Cc1ccn([C@@H]2C[C@H](O)[C@H](COC=O)O2)c(=O)n1. The largest absolute Gasteiger partial charge is 0.465 e. The van der Waals surface area contributed by atoms with Crippen molar-refractivity contribution in [2.75, 3.05) is 6.61 Å². The van der Waals surface area contributed by atoms with Crippen molar-refractivity contribution in [3.63, 3.8) is 0 Å². The van der Waals surface area contributed by atoms with Gasteiger partial charge >= 0.3 is 5.69 Å². The Morgan fingerprint density at radius 3 is 2.36 bits per heavy atom. The number of hydrogen-bond acceptors (Lipinski definition) is 8. The number of rotatable bonds is 5. The first kappa shape index (κ1) is 25.7. The van der Waals surface area contributed by atoms with Gasteiger partial charge in [-0.1, -0.05) is 20.3 Å². The Morgan fingerprint density at radius 1 is 1.32 bits per heavy atom. The van der Waals surface area contributed by atoms with Gasteiger partial charge in [-0.3, -0.25) is 14.2 Å². The number of aryl methyl sites for hydroxylation is 1. The monoisotopic (exact) mass is 400 g/mol. The third kappa shape index (κ3) is 10.2. The van der Waals surface area contributed by atoms with Crippen LogP contribution in [0.15, 0.2) is 17.1 Å². The van der Waals surface area contributed by atoms with Crippen LogP contribution in [0.3, 0.4) is 0 Å². The Hall–Kier alpha value is -2.26. The molecule has 0 saturated carbocycles. The number of hydrogen-bond donors (Lipinski definition) is 1. The maximum absolute atomic E-state index is 11.7. The summed E-state index contributed by atoms with van der Waals surface area (Å²) in [6.07, 6.45) is 1.11. The third-order valence-corrected chi connectivity index (χ3v) is 3.21. The standard InChI is InChI=1S/C11H14N2O5.C5H10O2.C3H8/c1-7-2-3-13(11(16)12-7)10-4-8(15)9(18-10)5-17-6-14;1-5(2,3)7-4-6;1-3-2/h2-3,6,8-10,15H,4-5H2,1H3;4H,1-3H3;3H2,1-2H3/t8-,9-,10-;;/m0../s1. The van der Waals surface area contributed by atoms with E-state index in [4.69, 9.17) is 4.74 Å². The van der Waals surface area contributed by atoms with Crippen molar-refractivity contribution >= 4 is 12.9 Å². The van der Waals surface area contributed by atoms with Gasteiger partial charge in [-0.05, 0) is 33.8 Å². The van der Waals surface area contributed by atoms with Crippen molar-refractivity contribution in [2.24, 2.45) is 0 Å². The smallest absolute Gasteiger partial charge is 0.349 e. The molecular weight excluding hydrogens is 368 g/mol. The van der Waals surface area contributed by atoms with Gasteiger partial charge in [-0.2, -0.15) is 4.98 Å². The van der Waals surface area contributed by atoms with Crippen molar-refractivity contribution in [1.82, 2.24) is 9.55 Å². The Balaban J connectivity index is 0.000000612. The average molecular weight is 400 g/mol. The van der Waals surface area contributed by atoms with Crippen LogP contribution in [0.2, 0.25) is 0 Å². The molecular formula is C19H32N2O7. The van der Waals surface area contributed by atoms with Crippen molar-refractivity contribution in [1.29, 1.82) is 0 Å². The lowest BCUT2D eigenvalue weighted by molar-refractivity contribution is -0.138. The number of carbonyl (C=O) groups is 2. The topological polar surface area (TPSA) is 117 Å². The molecule has 160 valence electrons. The number of carbonyl (C=O) groups excluding carboxylic acids is 2. The highest BCUT2D eigenvalue weighted by atomic mass is 16.6. The molecule has 2 heterocycles. The molecule has 0 unspecified atom stereocenters. The van der Waals surface area contributed by atoms with E-state index < -0.39 is 24.1 Å². The highest BCUT2D eigenvalue weighted by molar-refractivity contribution is 5.37. The van der Waals surface area contributed by atoms with Gasteiger partial charge in [0, 0.05) is 18.3 Å². The molecule has 0 bridgehead atoms. The summed E-state index contributed by atoms with van der Waals surface area (Å²) in [4.78, 5) is 35.1. The van der Waals surface area contributed by atoms with Gasteiger partial charge in [0.1, 0.15) is 24.5 Å². The van der Waals surface area contributed by atoms with E-state index in [0.717, 1.165) is 0 Å². The molecule has 9 heteroatoms. The van der Waals surface area contributed by atoms with Gasteiger partial charge in [0.25, 0.3) is 12.9 Å². The molecule has 1 fully saturated rings. The molecule has 9 nitrogen and oxygen atoms in total. The van der Waals surface area contributed by atoms with Gasteiger partial charge in [0.15, 0.2) is 0 Å². The molecule has 1 aliphatic heterocycles. The van der Waals surface area contributed by atoms with Crippen molar-refractivity contribution < 1.29 is 28.9 Å². The fourth-order valence-electron chi connectivity index (χ4n) is 2.03. The molecule has 0 spiro atoms. The second kappa shape index (κ2) is 13.0. The maximum Gasteiger partial charge on any atom is 0.349 e. The van der Waals surface area contributed by atoms with E-state index in [1.54, 1.807) is 19.2 Å². The molecule has 1 aliphatic rings. The van der Waals surface area contributed by atoms with Crippen LogP contribution < -0.4 is 5.69 Å². The minimum Gasteiger partial charge on any atom is -0.465 e. The molecule has 1 saturated heterocycles. The predicted octanol–water partition coefficient (Wildman–Crippen LogP) is 1.75. The molecule has 3 atom stereocenters. The molecule has 0 aliphatic carbocycles. The van der Waals surface area contributed by atoms with Crippen LogP contribution in [0.4, 0.5) is 0 Å². The van der Waals surface area contributed by atoms with Crippen LogP contribution in [-0.2, 0) is 23.8 Å². The first-order chi connectivity index (χ1) is 13.1. The molecule has 1 aromatic rings. The normalized spacial score (nSPS) is 20.8. The Labute approximate surface area is 165 Å². The lowest BCUT2D eigenvalue weighted by Crippen LogP contribution is -2.28. The highest BCUT2D eigenvalue weighted by Gasteiger charge is 2.35. The predicted molar refractivity (Wildman–Crippen MR) is 103 cm³/mol. The zero-order valence-electron chi connectivity index (χ0n) is 17.5. The van der Waals surface area contributed by atoms with Crippen LogP contribution in [-0.4, -0.2) is 52.0 Å². The van der Waals surface area contributed by atoms with E-state index in [2.05, 4.69) is 28.3 Å². The lowest BCUT2D eigenvalue weighted by atomic mass is 10.2. The molecule has 1 aromatic heterocycles. The van der Waals surface area contributed by atoms with Crippen molar-refractivity contribution in [3.8, 4) is 0 Å². The third-order valence-electron chi connectivity index (χ3n) is 3.21. The van der Waals surface area contributed by atoms with Gasteiger partial charge in [-0.25, -0.2) is 4.79 Å². The fraction of sp³-hybridized carbons (Fsp3) is 0.684. The molecule has 0 radical (unpaired) electrons.